The Morgan fingerprint density at radius 1 is 1.09 bits per heavy atom. The van der Waals surface area contributed by atoms with Gasteiger partial charge in [-0.15, -0.1) is 0 Å². The second-order valence-corrected chi connectivity index (χ2v) is 7.18. The molecule has 1 N–H and O–H groups in total. The van der Waals surface area contributed by atoms with Crippen molar-refractivity contribution < 1.29 is 13.2 Å². The summed E-state index contributed by atoms with van der Waals surface area (Å²) in [7, 11) is -1.97. The molecule has 2 rings (SSSR count). The molecule has 5 heteroatoms. The van der Waals surface area contributed by atoms with Crippen LogP contribution in [0.2, 0.25) is 0 Å². The third-order valence-electron chi connectivity index (χ3n) is 3.36. The number of sulfonamides is 1. The van der Waals surface area contributed by atoms with Crippen molar-refractivity contribution in [1.82, 2.24) is 0 Å². The maximum atomic E-state index is 12.4. The second-order valence-electron chi connectivity index (χ2n) is 5.46. The molecule has 0 aromatic heterocycles. The van der Waals surface area contributed by atoms with Crippen LogP contribution in [0.5, 0.6) is 5.75 Å². The van der Waals surface area contributed by atoms with Crippen molar-refractivity contribution in [2.24, 2.45) is 0 Å². The summed E-state index contributed by atoms with van der Waals surface area (Å²) in [5, 5.41) is 0. The monoisotopic (exact) mass is 319 g/mol. The van der Waals surface area contributed by atoms with Crippen molar-refractivity contribution in [1.29, 1.82) is 0 Å². The zero-order chi connectivity index (χ0) is 16.2. The highest BCUT2D eigenvalue weighted by molar-refractivity contribution is 7.91. The van der Waals surface area contributed by atoms with Gasteiger partial charge in [-0.05, 0) is 29.2 Å². The molecular weight excluding hydrogens is 298 g/mol. The molecule has 0 bridgehead atoms. The van der Waals surface area contributed by atoms with Crippen LogP contribution in [0.3, 0.4) is 0 Å². The van der Waals surface area contributed by atoms with Crippen LogP contribution >= 0.6 is 0 Å². The fraction of sp³-hybridized carbons (Fsp3) is 0.294. The summed E-state index contributed by atoms with van der Waals surface area (Å²) in [6, 6.07) is 14.6. The molecule has 0 spiro atoms. The van der Waals surface area contributed by atoms with Gasteiger partial charge in [-0.2, -0.15) is 0 Å². The summed E-state index contributed by atoms with van der Waals surface area (Å²) in [6.07, 6.45) is 0. The maximum Gasteiger partial charge on any atom is 0.237 e. The Morgan fingerprint density at radius 2 is 1.77 bits per heavy atom. The van der Waals surface area contributed by atoms with Crippen LogP contribution in [0, 0.1) is 0 Å². The minimum atomic E-state index is -3.49. The van der Waals surface area contributed by atoms with Gasteiger partial charge in [0, 0.05) is 0 Å². The molecule has 0 unspecified atom stereocenters. The smallest absolute Gasteiger partial charge is 0.237 e. The second kappa shape index (κ2) is 6.83. The maximum absolute atomic E-state index is 12.4. The van der Waals surface area contributed by atoms with Crippen LogP contribution in [-0.4, -0.2) is 15.5 Å². The normalized spacial score (nSPS) is 11.5. The third-order valence-corrected chi connectivity index (χ3v) is 4.60. The first-order chi connectivity index (χ1) is 10.4. The van der Waals surface area contributed by atoms with E-state index >= 15 is 0 Å². The molecule has 22 heavy (non-hydrogen) atoms. The molecule has 0 aliphatic carbocycles. The third kappa shape index (κ3) is 4.24. The number of methoxy groups -OCH3 is 1. The van der Waals surface area contributed by atoms with Gasteiger partial charge in [-0.3, -0.25) is 4.72 Å². The predicted octanol–water partition coefficient (Wildman–Crippen LogP) is 3.76. The predicted molar refractivity (Wildman–Crippen MR) is 89.8 cm³/mol. The Kier molecular flexibility index (Phi) is 5.08. The zero-order valence-corrected chi connectivity index (χ0v) is 13.9. The van der Waals surface area contributed by atoms with Gasteiger partial charge < -0.3 is 4.74 Å². The largest absolute Gasteiger partial charge is 0.495 e. The van der Waals surface area contributed by atoms with E-state index in [1.54, 1.807) is 18.2 Å². The molecule has 0 fully saturated rings. The molecule has 2 aromatic carbocycles. The van der Waals surface area contributed by atoms with E-state index in [1.165, 1.54) is 7.11 Å². The van der Waals surface area contributed by atoms with Crippen molar-refractivity contribution in [2.45, 2.75) is 25.5 Å². The van der Waals surface area contributed by atoms with E-state index in [2.05, 4.69) is 18.6 Å². The highest BCUT2D eigenvalue weighted by Gasteiger charge is 2.15. The molecule has 0 heterocycles. The number of hydrogen-bond acceptors (Lipinski definition) is 3. The minimum absolute atomic E-state index is 0.0666. The van der Waals surface area contributed by atoms with Crippen LogP contribution in [-0.2, 0) is 15.8 Å². The first kappa shape index (κ1) is 16.4. The van der Waals surface area contributed by atoms with Crippen LogP contribution in [0.1, 0.15) is 30.9 Å². The Hall–Kier alpha value is -2.01. The van der Waals surface area contributed by atoms with Crippen LogP contribution in [0.25, 0.3) is 0 Å². The van der Waals surface area contributed by atoms with E-state index in [-0.39, 0.29) is 5.75 Å². The van der Waals surface area contributed by atoms with E-state index in [9.17, 15) is 8.42 Å². The lowest BCUT2D eigenvalue weighted by molar-refractivity contribution is 0.416. The van der Waals surface area contributed by atoms with Gasteiger partial charge in [-0.25, -0.2) is 8.42 Å². The first-order valence-electron chi connectivity index (χ1n) is 7.13. The van der Waals surface area contributed by atoms with Crippen LogP contribution < -0.4 is 9.46 Å². The Labute approximate surface area is 132 Å². The Bertz CT molecular complexity index is 725. The average molecular weight is 319 g/mol. The van der Waals surface area contributed by atoms with Gasteiger partial charge in [0.1, 0.15) is 5.75 Å². The molecule has 0 saturated heterocycles. The number of rotatable bonds is 6. The summed E-state index contributed by atoms with van der Waals surface area (Å²) in [5.74, 6) is 0.757. The van der Waals surface area contributed by atoms with Gasteiger partial charge in [0.2, 0.25) is 10.0 Å². The zero-order valence-electron chi connectivity index (χ0n) is 13.0. The number of benzene rings is 2. The SMILES string of the molecule is COc1ccc(C(C)C)cc1NS(=O)(=O)Cc1ccccc1. The standard InChI is InChI=1S/C17H21NO3S/c1-13(2)15-9-10-17(21-3)16(11-15)18-22(19,20)12-14-7-5-4-6-8-14/h4-11,13,18H,12H2,1-3H3. The molecule has 0 saturated carbocycles. The van der Waals surface area contributed by atoms with E-state index in [0.29, 0.717) is 17.4 Å². The highest BCUT2D eigenvalue weighted by Crippen LogP contribution is 2.29. The van der Waals surface area contributed by atoms with Crippen molar-refractivity contribution in [3.63, 3.8) is 0 Å². The first-order valence-corrected chi connectivity index (χ1v) is 8.79. The molecule has 0 aliphatic rings. The number of nitrogens with one attached hydrogen (secondary N) is 1. The van der Waals surface area contributed by atoms with E-state index in [4.69, 9.17) is 4.74 Å². The lowest BCUT2D eigenvalue weighted by Crippen LogP contribution is -2.16. The highest BCUT2D eigenvalue weighted by atomic mass is 32.2. The van der Waals surface area contributed by atoms with Gasteiger partial charge >= 0.3 is 0 Å². The van der Waals surface area contributed by atoms with Crippen molar-refractivity contribution in [2.75, 3.05) is 11.8 Å². The van der Waals surface area contributed by atoms with Gasteiger partial charge in [0.25, 0.3) is 0 Å². The quantitative estimate of drug-likeness (QED) is 0.882. The van der Waals surface area contributed by atoms with Crippen LogP contribution in [0.4, 0.5) is 5.69 Å². The molecular formula is C17H21NO3S. The summed E-state index contributed by atoms with van der Waals surface area (Å²) in [5.41, 5.74) is 2.27. The molecule has 0 radical (unpaired) electrons. The van der Waals surface area contributed by atoms with E-state index in [0.717, 1.165) is 11.1 Å². The number of anilines is 1. The van der Waals surface area contributed by atoms with Crippen molar-refractivity contribution in [3.05, 3.63) is 59.7 Å². The summed E-state index contributed by atoms with van der Waals surface area (Å²) < 4.78 is 32.6. The van der Waals surface area contributed by atoms with Gasteiger partial charge in [0.05, 0.1) is 18.6 Å². The Morgan fingerprint density at radius 3 is 2.36 bits per heavy atom. The van der Waals surface area contributed by atoms with Crippen molar-refractivity contribution >= 4 is 15.7 Å². The Balaban J connectivity index is 2.26. The molecule has 0 atom stereocenters. The lowest BCUT2D eigenvalue weighted by atomic mass is 10.0. The summed E-state index contributed by atoms with van der Waals surface area (Å²) in [6.45, 7) is 4.12. The molecule has 0 amide bonds. The fourth-order valence-electron chi connectivity index (χ4n) is 2.16. The van der Waals surface area contributed by atoms with Gasteiger partial charge in [0.15, 0.2) is 0 Å². The average Bonchev–Trinajstić information content (AvgIpc) is 2.47. The lowest BCUT2D eigenvalue weighted by Gasteiger charge is -2.14. The minimum Gasteiger partial charge on any atom is -0.495 e. The fourth-order valence-corrected chi connectivity index (χ4v) is 3.36. The van der Waals surface area contributed by atoms with Gasteiger partial charge in [-0.1, -0.05) is 50.2 Å². The molecule has 4 nitrogen and oxygen atoms in total. The molecule has 118 valence electrons. The van der Waals surface area contributed by atoms with Crippen molar-refractivity contribution in [3.8, 4) is 5.75 Å². The van der Waals surface area contributed by atoms with E-state index in [1.807, 2.05) is 30.3 Å². The molecule has 0 aliphatic heterocycles. The number of hydrogen-bond donors (Lipinski definition) is 1. The summed E-state index contributed by atoms with van der Waals surface area (Å²) in [4.78, 5) is 0. The molecule has 2 aromatic rings. The number of ether oxygens (including phenoxy) is 1. The van der Waals surface area contributed by atoms with E-state index < -0.39 is 10.0 Å². The topological polar surface area (TPSA) is 55.4 Å². The van der Waals surface area contributed by atoms with Crippen LogP contribution in [0.15, 0.2) is 48.5 Å². The summed E-state index contributed by atoms with van der Waals surface area (Å²) >= 11 is 0.